The molecular formula is C25H24FN3O3S3. The lowest BCUT2D eigenvalue weighted by molar-refractivity contribution is -0.113. The molecule has 3 heterocycles. The first-order valence-corrected chi connectivity index (χ1v) is 14.6. The van der Waals surface area contributed by atoms with Gasteiger partial charge in [0.2, 0.25) is 5.91 Å². The summed E-state index contributed by atoms with van der Waals surface area (Å²) in [5, 5.41) is 4.32. The van der Waals surface area contributed by atoms with Crippen LogP contribution in [0.3, 0.4) is 0 Å². The van der Waals surface area contributed by atoms with Gasteiger partial charge in [-0.2, -0.15) is 0 Å². The average molecular weight is 530 g/mol. The molecule has 0 spiro atoms. The van der Waals surface area contributed by atoms with E-state index in [-0.39, 0.29) is 4.90 Å². The Kier molecular flexibility index (Phi) is 6.71. The molecule has 0 atom stereocenters. The van der Waals surface area contributed by atoms with Crippen LogP contribution in [0.4, 0.5) is 9.39 Å². The zero-order valence-electron chi connectivity index (χ0n) is 19.1. The monoisotopic (exact) mass is 529 g/mol. The standard InChI is InChI=1S/C25H24FN3O3S3/c1-2-12-29-13-11-18-21(14-29)34-25(23(18)24-27-19-5-3-4-6-20(19)33-24)28-22(30)15-35(31,32)17-9-7-16(26)8-10-17/h3-10H,2,11-15H2,1H3,(H,28,30). The number of anilines is 1. The van der Waals surface area contributed by atoms with Crippen LogP contribution in [-0.2, 0) is 27.6 Å². The number of nitrogens with one attached hydrogen (secondary N) is 1. The number of amides is 1. The highest BCUT2D eigenvalue weighted by molar-refractivity contribution is 7.92. The number of sulfone groups is 1. The Morgan fingerprint density at radius 1 is 1.14 bits per heavy atom. The van der Waals surface area contributed by atoms with Crippen LogP contribution < -0.4 is 5.32 Å². The first-order chi connectivity index (χ1) is 16.8. The molecule has 10 heteroatoms. The van der Waals surface area contributed by atoms with Gasteiger partial charge in [0.05, 0.1) is 15.1 Å². The summed E-state index contributed by atoms with van der Waals surface area (Å²) in [5.74, 6) is -1.88. The minimum atomic E-state index is -3.91. The summed E-state index contributed by atoms with van der Waals surface area (Å²) in [6.07, 6.45) is 1.91. The number of halogens is 1. The van der Waals surface area contributed by atoms with Gasteiger partial charge in [0.1, 0.15) is 21.6 Å². The summed E-state index contributed by atoms with van der Waals surface area (Å²) in [5.41, 5.74) is 2.97. The number of thiazole rings is 1. The molecule has 2 aromatic carbocycles. The van der Waals surface area contributed by atoms with Gasteiger partial charge in [-0.3, -0.25) is 9.69 Å². The van der Waals surface area contributed by atoms with Crippen molar-refractivity contribution in [3.05, 3.63) is 64.8 Å². The van der Waals surface area contributed by atoms with E-state index in [2.05, 4.69) is 17.1 Å². The van der Waals surface area contributed by atoms with Gasteiger partial charge in [-0.15, -0.1) is 22.7 Å². The molecule has 1 N–H and O–H groups in total. The molecule has 5 rings (SSSR count). The number of para-hydroxylation sites is 1. The number of carbonyl (C=O) groups is 1. The molecular weight excluding hydrogens is 505 g/mol. The van der Waals surface area contributed by atoms with Gasteiger partial charge in [0.25, 0.3) is 0 Å². The fraction of sp³-hybridized carbons (Fsp3) is 0.280. The van der Waals surface area contributed by atoms with E-state index in [9.17, 15) is 17.6 Å². The smallest absolute Gasteiger partial charge is 0.240 e. The fourth-order valence-corrected chi connectivity index (χ4v) is 7.87. The number of benzene rings is 2. The van der Waals surface area contributed by atoms with Crippen molar-refractivity contribution in [3.63, 3.8) is 0 Å². The Labute approximate surface area is 211 Å². The van der Waals surface area contributed by atoms with Crippen molar-refractivity contribution in [1.29, 1.82) is 0 Å². The van der Waals surface area contributed by atoms with Gasteiger partial charge in [-0.25, -0.2) is 17.8 Å². The van der Waals surface area contributed by atoms with E-state index < -0.39 is 27.3 Å². The Hall–Kier alpha value is -2.66. The van der Waals surface area contributed by atoms with Gasteiger partial charge >= 0.3 is 0 Å². The Morgan fingerprint density at radius 3 is 2.66 bits per heavy atom. The minimum absolute atomic E-state index is 0.0823. The summed E-state index contributed by atoms with van der Waals surface area (Å²) in [6, 6.07) is 12.4. The van der Waals surface area contributed by atoms with Crippen molar-refractivity contribution in [2.75, 3.05) is 24.2 Å². The maximum atomic E-state index is 13.2. The zero-order chi connectivity index (χ0) is 24.6. The van der Waals surface area contributed by atoms with Gasteiger partial charge in [-0.05, 0) is 61.3 Å². The third-order valence-corrected chi connectivity index (χ3v) is 9.75. The molecule has 0 saturated heterocycles. The van der Waals surface area contributed by atoms with E-state index in [4.69, 9.17) is 4.98 Å². The van der Waals surface area contributed by atoms with Crippen LogP contribution in [-0.4, -0.2) is 43.1 Å². The number of aromatic nitrogens is 1. The first-order valence-electron chi connectivity index (χ1n) is 11.3. The number of fused-ring (bicyclic) bond motifs is 2. The highest BCUT2D eigenvalue weighted by Gasteiger charge is 2.28. The first kappa shape index (κ1) is 24.1. The second-order valence-corrected chi connectivity index (χ2v) is 12.6. The lowest BCUT2D eigenvalue weighted by Crippen LogP contribution is -2.30. The summed E-state index contributed by atoms with van der Waals surface area (Å²) >= 11 is 3.07. The van der Waals surface area contributed by atoms with Gasteiger partial charge in [0.15, 0.2) is 9.84 Å². The van der Waals surface area contributed by atoms with Crippen molar-refractivity contribution >= 4 is 53.6 Å². The molecule has 0 unspecified atom stereocenters. The lowest BCUT2D eigenvalue weighted by atomic mass is 10.0. The molecule has 0 radical (unpaired) electrons. The Balaban J connectivity index is 1.48. The fourth-order valence-electron chi connectivity index (χ4n) is 4.32. The summed E-state index contributed by atoms with van der Waals surface area (Å²) in [7, 11) is -3.91. The average Bonchev–Trinajstić information content (AvgIpc) is 3.39. The molecule has 0 aliphatic carbocycles. The topological polar surface area (TPSA) is 79.4 Å². The van der Waals surface area contributed by atoms with Crippen LogP contribution in [0, 0.1) is 5.82 Å². The lowest BCUT2D eigenvalue weighted by Gasteiger charge is -2.26. The van der Waals surface area contributed by atoms with E-state index in [0.29, 0.717) is 5.00 Å². The molecule has 1 aliphatic rings. The van der Waals surface area contributed by atoms with Crippen molar-refractivity contribution in [3.8, 4) is 10.6 Å². The molecule has 0 saturated carbocycles. The van der Waals surface area contributed by atoms with Gasteiger partial charge in [0, 0.05) is 23.5 Å². The Morgan fingerprint density at radius 2 is 1.91 bits per heavy atom. The zero-order valence-corrected chi connectivity index (χ0v) is 21.5. The van der Waals surface area contributed by atoms with E-state index in [1.54, 1.807) is 11.3 Å². The third-order valence-electron chi connectivity index (χ3n) is 5.93. The van der Waals surface area contributed by atoms with Crippen molar-refractivity contribution < 1.29 is 17.6 Å². The highest BCUT2D eigenvalue weighted by atomic mass is 32.2. The summed E-state index contributed by atoms with van der Waals surface area (Å²) in [4.78, 5) is 21.2. The predicted octanol–water partition coefficient (Wildman–Crippen LogP) is 5.34. The van der Waals surface area contributed by atoms with Gasteiger partial charge < -0.3 is 5.32 Å². The third kappa shape index (κ3) is 5.02. The van der Waals surface area contributed by atoms with E-state index in [0.717, 1.165) is 65.4 Å². The van der Waals surface area contributed by atoms with Crippen LogP contribution in [0.5, 0.6) is 0 Å². The largest absolute Gasteiger partial charge is 0.316 e. The van der Waals surface area contributed by atoms with E-state index in [1.807, 2.05) is 24.3 Å². The van der Waals surface area contributed by atoms with E-state index >= 15 is 0 Å². The SMILES string of the molecule is CCCN1CCc2c(sc(NC(=O)CS(=O)(=O)c3ccc(F)cc3)c2-c2nc3ccccc3s2)C1. The number of hydrogen-bond donors (Lipinski definition) is 1. The van der Waals surface area contributed by atoms with Crippen LogP contribution in [0.25, 0.3) is 20.8 Å². The van der Waals surface area contributed by atoms with Gasteiger partial charge in [-0.1, -0.05) is 19.1 Å². The van der Waals surface area contributed by atoms with Crippen molar-refractivity contribution in [2.45, 2.75) is 31.2 Å². The highest BCUT2D eigenvalue weighted by Crippen LogP contribution is 2.45. The Bertz CT molecular complexity index is 1460. The van der Waals surface area contributed by atoms with E-state index in [1.165, 1.54) is 33.9 Å². The maximum Gasteiger partial charge on any atom is 0.240 e. The molecule has 1 aliphatic heterocycles. The number of nitrogens with zero attached hydrogens (tertiary/aromatic N) is 2. The number of carbonyl (C=O) groups excluding carboxylic acids is 1. The number of thiophene rings is 1. The molecule has 182 valence electrons. The van der Waals surface area contributed by atoms with Crippen LogP contribution in [0.1, 0.15) is 23.8 Å². The quantitative estimate of drug-likeness (QED) is 0.327. The van der Waals surface area contributed by atoms with Crippen molar-refractivity contribution in [2.24, 2.45) is 0 Å². The number of rotatable bonds is 7. The van der Waals surface area contributed by atoms with Crippen molar-refractivity contribution in [1.82, 2.24) is 9.88 Å². The second-order valence-electron chi connectivity index (χ2n) is 8.48. The summed E-state index contributed by atoms with van der Waals surface area (Å²) in [6.45, 7) is 4.90. The maximum absolute atomic E-state index is 13.2. The molecule has 35 heavy (non-hydrogen) atoms. The molecule has 1 amide bonds. The van der Waals surface area contributed by atoms with Crippen LogP contribution in [0.2, 0.25) is 0 Å². The molecule has 0 fully saturated rings. The molecule has 0 bridgehead atoms. The molecule has 4 aromatic rings. The second kappa shape index (κ2) is 9.77. The van der Waals surface area contributed by atoms with Crippen LogP contribution >= 0.6 is 22.7 Å². The normalized spacial score (nSPS) is 14.2. The predicted molar refractivity (Wildman–Crippen MR) is 139 cm³/mol. The minimum Gasteiger partial charge on any atom is -0.316 e. The number of hydrogen-bond acceptors (Lipinski definition) is 7. The molecule has 6 nitrogen and oxygen atoms in total. The van der Waals surface area contributed by atoms with Crippen LogP contribution in [0.15, 0.2) is 53.4 Å². The molecule has 2 aromatic heterocycles. The summed E-state index contributed by atoms with van der Waals surface area (Å²) < 4.78 is 39.7.